The summed E-state index contributed by atoms with van der Waals surface area (Å²) >= 11 is 0. The Morgan fingerprint density at radius 3 is 1.69 bits per heavy atom. The molecule has 1 amide bonds. The molecular formula is C48H51N3O8. The molecule has 0 saturated heterocycles. The molecule has 8 rings (SSSR count). The third kappa shape index (κ3) is 8.32. The van der Waals surface area contributed by atoms with Crippen LogP contribution in [0.15, 0.2) is 78.9 Å². The fourth-order valence-electron chi connectivity index (χ4n) is 8.74. The second-order valence-electron chi connectivity index (χ2n) is 14.9. The van der Waals surface area contributed by atoms with Crippen LogP contribution < -0.4 is 15.2 Å². The Hall–Kier alpha value is -6.36. The van der Waals surface area contributed by atoms with Crippen molar-refractivity contribution in [3.8, 4) is 11.5 Å². The fraction of sp³-hybridized carbons (Fsp3) is 0.333. The van der Waals surface area contributed by atoms with E-state index in [0.717, 1.165) is 84.1 Å². The molecule has 4 aromatic carbocycles. The zero-order valence-corrected chi connectivity index (χ0v) is 34.2. The van der Waals surface area contributed by atoms with Gasteiger partial charge in [0.05, 0.1) is 36.2 Å². The lowest BCUT2D eigenvalue weighted by atomic mass is 9.99. The van der Waals surface area contributed by atoms with Crippen molar-refractivity contribution < 1.29 is 38.1 Å². The van der Waals surface area contributed by atoms with E-state index in [9.17, 15) is 19.2 Å². The van der Waals surface area contributed by atoms with Crippen molar-refractivity contribution in [2.45, 2.75) is 78.3 Å². The molecule has 306 valence electrons. The highest BCUT2D eigenvalue weighted by Gasteiger charge is 2.31. The number of hydrogen-bond donors (Lipinski definition) is 1. The van der Waals surface area contributed by atoms with E-state index in [1.165, 1.54) is 48.5 Å². The maximum atomic E-state index is 13.0. The number of Topliss-reactive ketones (excluding diaryl/α,β-unsaturated/α-hetero) is 1. The van der Waals surface area contributed by atoms with Gasteiger partial charge in [0.1, 0.15) is 11.5 Å². The SMILES string of the molecule is CCc1c(C(=O)C(N)=O)c2c(OCC(=O)OC)cc3c(c2n1Cc1ccccc1)CCC3.CCc1cc2c(OCC(=O)OC)cc3c(c2n1Cc1ccccc1)CCC3. The second kappa shape index (κ2) is 18.1. The zero-order chi connectivity index (χ0) is 41.6. The maximum absolute atomic E-state index is 13.0. The van der Waals surface area contributed by atoms with Crippen LogP contribution >= 0.6 is 0 Å². The number of rotatable bonds is 14. The van der Waals surface area contributed by atoms with Gasteiger partial charge in [-0.15, -0.1) is 0 Å². The van der Waals surface area contributed by atoms with Crippen LogP contribution in [0.25, 0.3) is 21.8 Å². The zero-order valence-electron chi connectivity index (χ0n) is 34.2. The summed E-state index contributed by atoms with van der Waals surface area (Å²) in [5, 5.41) is 1.65. The van der Waals surface area contributed by atoms with Crippen molar-refractivity contribution in [3.63, 3.8) is 0 Å². The van der Waals surface area contributed by atoms with Gasteiger partial charge in [0.15, 0.2) is 13.2 Å². The van der Waals surface area contributed by atoms with Crippen molar-refractivity contribution in [1.82, 2.24) is 9.13 Å². The van der Waals surface area contributed by atoms with Crippen LogP contribution in [0, 0.1) is 0 Å². The van der Waals surface area contributed by atoms with E-state index >= 15 is 0 Å². The number of primary amides is 1. The Bertz CT molecular complexity index is 2530. The lowest BCUT2D eigenvalue weighted by Gasteiger charge is -2.14. The highest BCUT2D eigenvalue weighted by Crippen LogP contribution is 2.42. The number of aryl methyl sites for hydroxylation is 5. The number of nitrogens with zero attached hydrogens (tertiary/aromatic N) is 2. The van der Waals surface area contributed by atoms with E-state index in [0.29, 0.717) is 24.1 Å². The van der Waals surface area contributed by atoms with Gasteiger partial charge in [-0.1, -0.05) is 74.5 Å². The molecule has 0 fully saturated rings. The van der Waals surface area contributed by atoms with Crippen molar-refractivity contribution >= 4 is 45.4 Å². The molecule has 6 aromatic rings. The third-order valence-corrected chi connectivity index (χ3v) is 11.4. The van der Waals surface area contributed by atoms with Gasteiger partial charge in [0.25, 0.3) is 11.7 Å². The predicted octanol–water partition coefficient (Wildman–Crippen LogP) is 7.25. The maximum Gasteiger partial charge on any atom is 0.343 e. The first-order chi connectivity index (χ1) is 28.7. The number of ether oxygens (including phenoxy) is 4. The molecule has 11 nitrogen and oxygen atoms in total. The smallest absolute Gasteiger partial charge is 0.343 e. The largest absolute Gasteiger partial charge is 0.481 e. The number of nitrogens with two attached hydrogens (primary N) is 1. The van der Waals surface area contributed by atoms with Crippen LogP contribution in [-0.4, -0.2) is 60.2 Å². The number of aromatic nitrogens is 2. The summed E-state index contributed by atoms with van der Waals surface area (Å²) in [5.41, 5.74) is 17.3. The lowest BCUT2D eigenvalue weighted by Crippen LogP contribution is -2.24. The lowest BCUT2D eigenvalue weighted by molar-refractivity contribution is -0.143. The molecule has 0 spiro atoms. The van der Waals surface area contributed by atoms with Gasteiger partial charge in [-0.25, -0.2) is 9.59 Å². The first-order valence-corrected chi connectivity index (χ1v) is 20.3. The average molecular weight is 798 g/mol. The van der Waals surface area contributed by atoms with Crippen molar-refractivity contribution in [2.75, 3.05) is 27.4 Å². The molecule has 0 atom stereocenters. The Kier molecular flexibility index (Phi) is 12.5. The number of carbonyl (C=O) groups is 4. The monoisotopic (exact) mass is 797 g/mol. The van der Waals surface area contributed by atoms with E-state index in [4.69, 9.17) is 24.7 Å². The van der Waals surface area contributed by atoms with Gasteiger partial charge < -0.3 is 33.8 Å². The number of hydrogen-bond acceptors (Lipinski definition) is 8. The summed E-state index contributed by atoms with van der Waals surface area (Å²) < 4.78 is 25.7. The Morgan fingerprint density at radius 2 is 1.17 bits per heavy atom. The van der Waals surface area contributed by atoms with Gasteiger partial charge >= 0.3 is 11.9 Å². The van der Waals surface area contributed by atoms with Gasteiger partial charge in [-0.05, 0) is 103 Å². The summed E-state index contributed by atoms with van der Waals surface area (Å²) in [6.45, 7) is 5.17. The number of benzene rings is 4. The molecule has 0 bridgehead atoms. The normalized spacial score (nSPS) is 12.7. The minimum absolute atomic E-state index is 0.0598. The van der Waals surface area contributed by atoms with E-state index in [2.05, 4.69) is 58.5 Å². The van der Waals surface area contributed by atoms with Crippen LogP contribution in [0.3, 0.4) is 0 Å². The van der Waals surface area contributed by atoms with Gasteiger partial charge in [-0.3, -0.25) is 9.59 Å². The molecule has 2 aromatic heterocycles. The highest BCUT2D eigenvalue weighted by atomic mass is 16.6. The van der Waals surface area contributed by atoms with Crippen LogP contribution in [0.2, 0.25) is 0 Å². The van der Waals surface area contributed by atoms with Crippen molar-refractivity contribution in [3.05, 3.63) is 129 Å². The number of ketones is 1. The fourth-order valence-corrected chi connectivity index (χ4v) is 8.74. The van der Waals surface area contributed by atoms with Gasteiger partial charge in [-0.2, -0.15) is 0 Å². The molecule has 59 heavy (non-hydrogen) atoms. The Morgan fingerprint density at radius 1 is 0.644 bits per heavy atom. The average Bonchev–Trinajstić information content (AvgIpc) is 4.07. The summed E-state index contributed by atoms with van der Waals surface area (Å²) in [5.74, 6) is -1.46. The van der Waals surface area contributed by atoms with E-state index in [-0.39, 0.29) is 24.7 Å². The van der Waals surface area contributed by atoms with E-state index in [1.807, 2.05) is 43.3 Å². The van der Waals surface area contributed by atoms with Crippen LogP contribution in [0.4, 0.5) is 0 Å². The molecular weight excluding hydrogens is 747 g/mol. The molecule has 2 aliphatic rings. The number of methoxy groups -OCH3 is 2. The molecule has 0 unspecified atom stereocenters. The topological polar surface area (TPSA) is 141 Å². The number of fused-ring (bicyclic) bond motifs is 6. The first kappa shape index (κ1) is 40.8. The first-order valence-electron chi connectivity index (χ1n) is 20.3. The molecule has 2 N–H and O–H groups in total. The summed E-state index contributed by atoms with van der Waals surface area (Å²) in [7, 11) is 2.67. The Labute approximate surface area is 344 Å². The molecule has 0 aliphatic heterocycles. The summed E-state index contributed by atoms with van der Waals surface area (Å²) in [4.78, 5) is 48.3. The van der Waals surface area contributed by atoms with Gasteiger partial charge in [0.2, 0.25) is 0 Å². The van der Waals surface area contributed by atoms with Crippen LogP contribution in [-0.2, 0) is 75.5 Å². The van der Waals surface area contributed by atoms with Crippen molar-refractivity contribution in [2.24, 2.45) is 5.73 Å². The van der Waals surface area contributed by atoms with Crippen molar-refractivity contribution in [1.29, 1.82) is 0 Å². The number of carbonyl (C=O) groups excluding carboxylic acids is 4. The van der Waals surface area contributed by atoms with Crippen LogP contribution in [0.5, 0.6) is 11.5 Å². The van der Waals surface area contributed by atoms with Gasteiger partial charge in [0, 0.05) is 29.9 Å². The summed E-state index contributed by atoms with van der Waals surface area (Å²) in [6.07, 6.45) is 7.56. The number of amides is 1. The second-order valence-corrected chi connectivity index (χ2v) is 14.9. The molecule has 0 radical (unpaired) electrons. The molecule has 0 saturated carbocycles. The molecule has 2 heterocycles. The predicted molar refractivity (Wildman–Crippen MR) is 226 cm³/mol. The Balaban J connectivity index is 0.000000181. The van der Waals surface area contributed by atoms with Crippen LogP contribution in [0.1, 0.15) is 81.8 Å². The molecule has 2 aliphatic carbocycles. The molecule has 11 heteroatoms. The third-order valence-electron chi connectivity index (χ3n) is 11.4. The standard InChI is InChI=1S/C25H26N2O5.C23H25NO3/c1-3-18-21(24(29)25(26)30)22-19(32-14-20(28)31-2)12-16-10-7-11-17(16)23(22)27(18)13-15-8-5-4-6-9-15;1-3-18-13-20-21(27-15-22(25)26-2)12-17-10-7-11-19(17)23(20)24(18)14-16-8-5-4-6-9-16/h4-6,8-9,12H,3,7,10-11,13-14H2,1-2H3,(H2,26,30);4-6,8-9,12-13H,3,7,10-11,14-15H2,1-2H3. The summed E-state index contributed by atoms with van der Waals surface area (Å²) in [6, 6.07) is 26.7. The van der Waals surface area contributed by atoms with E-state index < -0.39 is 17.7 Å². The number of esters is 2. The minimum atomic E-state index is -1.02. The quantitative estimate of drug-likeness (QED) is 0.0691. The minimum Gasteiger partial charge on any atom is -0.481 e. The highest BCUT2D eigenvalue weighted by molar-refractivity contribution is 6.45. The van der Waals surface area contributed by atoms with E-state index in [1.54, 1.807) is 0 Å².